The normalized spacial score (nSPS) is 10.5. The summed E-state index contributed by atoms with van der Waals surface area (Å²) in [7, 11) is 1.88. The summed E-state index contributed by atoms with van der Waals surface area (Å²) in [4.78, 5) is 29.3. The zero-order chi connectivity index (χ0) is 34.3. The topological polar surface area (TPSA) is 130 Å². The maximum absolute atomic E-state index is 12.5. The highest BCUT2D eigenvalue weighted by Gasteiger charge is 2.17. The molecule has 0 saturated heterocycles. The van der Waals surface area contributed by atoms with Crippen LogP contribution in [0.15, 0.2) is 77.8 Å². The molecule has 246 valence electrons. The molecule has 4 aromatic rings. The molecule has 10 nitrogen and oxygen atoms in total. The minimum absolute atomic E-state index is 0.0810. The number of nitro groups is 1. The molecule has 46 heavy (non-hydrogen) atoms. The number of nitro benzene ring substituents is 1. The molecule has 0 bridgehead atoms. The molecule has 4 N–H and O–H groups in total. The molecule has 0 aliphatic rings. The van der Waals surface area contributed by atoms with Gasteiger partial charge in [0.2, 0.25) is 0 Å². The van der Waals surface area contributed by atoms with Gasteiger partial charge in [0, 0.05) is 64.4 Å². The second-order valence-electron chi connectivity index (χ2n) is 10.7. The first kappa shape index (κ1) is 38.1. The second kappa shape index (κ2) is 18.8. The average molecular weight is 683 g/mol. The zero-order valence-electron chi connectivity index (χ0n) is 27.3. The Balaban J connectivity index is 0.000000826. The molecule has 0 atom stereocenters. The van der Waals surface area contributed by atoms with Gasteiger partial charge in [-0.15, -0.1) is 11.3 Å². The molecule has 4 rings (SSSR count). The molecule has 0 saturated carbocycles. The maximum Gasteiger partial charge on any atom is 0.417 e. The summed E-state index contributed by atoms with van der Waals surface area (Å²) in [5.74, 6) is 0.202. The number of nitrogens with zero attached hydrogens (tertiary/aromatic N) is 2. The first-order chi connectivity index (χ1) is 21.9. The first-order valence-electron chi connectivity index (χ1n) is 14.6. The molecule has 3 aromatic carbocycles. The number of non-ortho nitro benzene ring substituents is 1. The second-order valence-corrected chi connectivity index (χ2v) is 12.8. The number of thiocarbonyl (C=S) groups is 1. The van der Waals surface area contributed by atoms with Crippen molar-refractivity contribution in [1.82, 2.24) is 15.0 Å². The van der Waals surface area contributed by atoms with E-state index >= 15 is 0 Å². The number of nitrogens with one attached hydrogen (secondary N) is 4. The number of benzene rings is 3. The number of hydrogen-bond acceptors (Lipinski definition) is 10. The summed E-state index contributed by atoms with van der Waals surface area (Å²) in [6, 6.07) is 19.5. The van der Waals surface area contributed by atoms with Crippen LogP contribution < -0.4 is 25.4 Å². The summed E-state index contributed by atoms with van der Waals surface area (Å²) in [5, 5.41) is 20.5. The summed E-state index contributed by atoms with van der Waals surface area (Å²) < 4.78 is 8.71. The van der Waals surface area contributed by atoms with Crippen LogP contribution in [0.4, 0.5) is 21.9 Å². The average Bonchev–Trinajstić information content (AvgIpc) is 3.51. The number of carbonyl (C=O) groups excluding carboxylic acids is 1. The number of hydrogen-bond donors (Lipinski definition) is 4. The van der Waals surface area contributed by atoms with Gasteiger partial charge in [-0.1, -0.05) is 32.1 Å². The van der Waals surface area contributed by atoms with E-state index in [-0.39, 0.29) is 17.0 Å². The van der Waals surface area contributed by atoms with Crippen molar-refractivity contribution in [2.45, 2.75) is 64.9 Å². The van der Waals surface area contributed by atoms with Gasteiger partial charge in [0.05, 0.1) is 15.3 Å². The SMILES string of the molecule is CC.CC(C)NC=S.CNc1ccc(-c2ncc(-c3ccc(NC(=O)Oc4ccc([N+](=O)[O-])cc4)cc3SNC(C)(C)C)s2)cc1. The highest BCUT2D eigenvalue weighted by Crippen LogP contribution is 2.39. The summed E-state index contributed by atoms with van der Waals surface area (Å²) in [5.41, 5.74) is 4.91. The largest absolute Gasteiger partial charge is 0.417 e. The van der Waals surface area contributed by atoms with Gasteiger partial charge >= 0.3 is 6.09 Å². The van der Waals surface area contributed by atoms with Gasteiger partial charge in [0.1, 0.15) is 10.8 Å². The summed E-state index contributed by atoms with van der Waals surface area (Å²) in [6.45, 7) is 14.3. The van der Waals surface area contributed by atoms with Gasteiger partial charge in [-0.2, -0.15) is 0 Å². The molecule has 1 aromatic heterocycles. The third kappa shape index (κ3) is 12.8. The van der Waals surface area contributed by atoms with Gasteiger partial charge in [0.25, 0.3) is 5.69 Å². The molecule has 13 heteroatoms. The highest BCUT2D eigenvalue weighted by molar-refractivity contribution is 7.97. The van der Waals surface area contributed by atoms with Crippen LogP contribution in [-0.4, -0.2) is 40.1 Å². The smallest absolute Gasteiger partial charge is 0.410 e. The fraction of sp³-hybridized carbons (Fsp3) is 0.303. The molecule has 0 aliphatic carbocycles. The number of thiazole rings is 1. The Bertz CT molecular complexity index is 1550. The predicted octanol–water partition coefficient (Wildman–Crippen LogP) is 9.40. The van der Waals surface area contributed by atoms with Gasteiger partial charge < -0.3 is 15.4 Å². The molecular weight excluding hydrogens is 641 g/mol. The highest BCUT2D eigenvalue weighted by atomic mass is 32.2. The fourth-order valence-corrected chi connectivity index (χ4v) is 5.62. The Hall–Kier alpha value is -4.04. The van der Waals surface area contributed by atoms with Crippen LogP contribution in [0.3, 0.4) is 0 Å². The van der Waals surface area contributed by atoms with E-state index < -0.39 is 11.0 Å². The van der Waals surface area contributed by atoms with Crippen molar-refractivity contribution in [3.05, 3.63) is 83.0 Å². The quantitative estimate of drug-likeness (QED) is 0.0555. The van der Waals surface area contributed by atoms with E-state index in [1.807, 2.05) is 77.3 Å². The third-order valence-corrected chi connectivity index (χ3v) is 8.03. The number of aromatic nitrogens is 1. The van der Waals surface area contributed by atoms with E-state index in [4.69, 9.17) is 4.74 Å². The minimum atomic E-state index is -0.698. The Labute approximate surface area is 285 Å². The number of amides is 1. The number of rotatable bonds is 10. The van der Waals surface area contributed by atoms with Crippen molar-refractivity contribution in [1.29, 1.82) is 0 Å². The van der Waals surface area contributed by atoms with Crippen molar-refractivity contribution >= 4 is 64.1 Å². The molecule has 1 heterocycles. The van der Waals surface area contributed by atoms with Gasteiger partial charge in [-0.05, 0) is 95.1 Å². The Morgan fingerprint density at radius 3 is 2.20 bits per heavy atom. The van der Waals surface area contributed by atoms with Crippen LogP contribution in [0.2, 0.25) is 0 Å². The van der Waals surface area contributed by atoms with E-state index in [2.05, 4.69) is 58.6 Å². The number of anilines is 2. The number of ether oxygens (including phenoxy) is 1. The predicted molar refractivity (Wildman–Crippen MR) is 197 cm³/mol. The first-order valence-corrected chi connectivity index (χ1v) is 16.7. The Kier molecular flexibility index (Phi) is 15.6. The zero-order valence-corrected chi connectivity index (χ0v) is 29.8. The molecule has 0 aliphatic heterocycles. The molecule has 0 fully saturated rings. The standard InChI is InChI=1S/C27H27N5O4S2.C4H9NS.C2H6/c1-27(2,3)31-38-23-15-19(30-26(33)36-21-12-10-20(11-13-21)32(34)35)9-14-22(23)24-16-29-25(37-24)17-5-7-18(28-4)8-6-17;1-4(2)5-3-6;1-2/h5-16,28,31H,1-4H3,(H,30,33);3-4H,1-2H3,(H,5,6);1-2H3. The van der Waals surface area contributed by atoms with Crippen LogP contribution in [0.25, 0.3) is 21.0 Å². The molecular formula is C33H42N6O4S3. The molecule has 0 spiro atoms. The number of carbonyl (C=O) groups is 1. The Morgan fingerprint density at radius 1 is 1.04 bits per heavy atom. The Morgan fingerprint density at radius 2 is 1.67 bits per heavy atom. The monoisotopic (exact) mass is 682 g/mol. The molecule has 0 unspecified atom stereocenters. The van der Waals surface area contributed by atoms with Crippen LogP contribution in [-0.2, 0) is 0 Å². The van der Waals surface area contributed by atoms with Crippen LogP contribution in [0, 0.1) is 10.1 Å². The van der Waals surface area contributed by atoms with E-state index in [1.165, 1.54) is 41.7 Å². The fourth-order valence-electron chi connectivity index (χ4n) is 3.43. The third-order valence-electron chi connectivity index (χ3n) is 5.55. The van der Waals surface area contributed by atoms with Crippen molar-refractivity contribution < 1.29 is 14.5 Å². The van der Waals surface area contributed by atoms with E-state index in [1.54, 1.807) is 17.4 Å². The van der Waals surface area contributed by atoms with Crippen molar-refractivity contribution in [2.24, 2.45) is 0 Å². The summed E-state index contributed by atoms with van der Waals surface area (Å²) >= 11 is 7.56. The van der Waals surface area contributed by atoms with Crippen LogP contribution >= 0.6 is 35.5 Å². The molecule has 1 amide bonds. The molecule has 0 radical (unpaired) electrons. The van der Waals surface area contributed by atoms with E-state index in [0.717, 1.165) is 31.6 Å². The van der Waals surface area contributed by atoms with Crippen molar-refractivity contribution in [3.8, 4) is 26.8 Å². The summed E-state index contributed by atoms with van der Waals surface area (Å²) in [6.07, 6.45) is 1.16. The lowest BCUT2D eigenvalue weighted by atomic mass is 10.1. The minimum Gasteiger partial charge on any atom is -0.410 e. The van der Waals surface area contributed by atoms with Crippen molar-refractivity contribution in [2.75, 3.05) is 17.7 Å². The van der Waals surface area contributed by atoms with Gasteiger partial charge in [-0.3, -0.25) is 20.2 Å². The lowest BCUT2D eigenvalue weighted by Crippen LogP contribution is -2.29. The van der Waals surface area contributed by atoms with E-state index in [0.29, 0.717) is 11.7 Å². The lowest BCUT2D eigenvalue weighted by molar-refractivity contribution is -0.384. The van der Waals surface area contributed by atoms with Gasteiger partial charge in [0.15, 0.2) is 0 Å². The van der Waals surface area contributed by atoms with Gasteiger partial charge in [-0.25, -0.2) is 9.78 Å². The lowest BCUT2D eigenvalue weighted by Gasteiger charge is -2.21. The van der Waals surface area contributed by atoms with Crippen LogP contribution in [0.5, 0.6) is 5.75 Å². The van der Waals surface area contributed by atoms with Crippen molar-refractivity contribution in [3.63, 3.8) is 0 Å². The maximum atomic E-state index is 12.5. The van der Waals surface area contributed by atoms with E-state index in [9.17, 15) is 14.9 Å². The van der Waals surface area contributed by atoms with Crippen LogP contribution in [0.1, 0.15) is 48.5 Å².